The molecule has 0 aliphatic carbocycles. The van der Waals surface area contributed by atoms with Gasteiger partial charge in [0.25, 0.3) is 0 Å². The number of aromatic amines is 1. The van der Waals surface area contributed by atoms with Crippen LogP contribution in [0.25, 0.3) is 11.0 Å². The molecule has 1 amide bonds. The lowest BCUT2D eigenvalue weighted by Crippen LogP contribution is -2.12. The van der Waals surface area contributed by atoms with Gasteiger partial charge in [0.15, 0.2) is 0 Å². The molecular weight excluding hydrogens is 264 g/mol. The van der Waals surface area contributed by atoms with Gasteiger partial charge in [-0.05, 0) is 31.2 Å². The Bertz CT molecular complexity index is 746. The molecule has 0 aliphatic rings. The van der Waals surface area contributed by atoms with Crippen LogP contribution in [-0.4, -0.2) is 20.9 Å². The van der Waals surface area contributed by atoms with Gasteiger partial charge in [-0.2, -0.15) is 0 Å². The summed E-state index contributed by atoms with van der Waals surface area (Å²) in [4.78, 5) is 23.7. The maximum absolute atomic E-state index is 11.9. The van der Waals surface area contributed by atoms with Gasteiger partial charge >= 0.3 is 0 Å². The number of hydrogen-bond donors (Lipinski definition) is 2. The SMILES string of the molecule is Cc1cc(NC(=O)CCc2nc3ccccc3[nH]2)ccn1. The Labute approximate surface area is 122 Å². The van der Waals surface area contributed by atoms with Crippen molar-refractivity contribution in [3.8, 4) is 0 Å². The fraction of sp³-hybridized carbons (Fsp3) is 0.188. The molecule has 2 aromatic heterocycles. The topological polar surface area (TPSA) is 70.7 Å². The molecular formula is C16H16N4O. The van der Waals surface area contributed by atoms with Crippen LogP contribution in [-0.2, 0) is 11.2 Å². The van der Waals surface area contributed by atoms with Crippen molar-refractivity contribution < 1.29 is 4.79 Å². The van der Waals surface area contributed by atoms with E-state index in [9.17, 15) is 4.79 Å². The molecule has 0 spiro atoms. The monoisotopic (exact) mass is 280 g/mol. The molecule has 1 aromatic carbocycles. The fourth-order valence-electron chi connectivity index (χ4n) is 2.20. The van der Waals surface area contributed by atoms with Gasteiger partial charge < -0.3 is 10.3 Å². The smallest absolute Gasteiger partial charge is 0.224 e. The molecule has 3 aromatic rings. The minimum absolute atomic E-state index is 0.0268. The molecule has 0 saturated heterocycles. The lowest BCUT2D eigenvalue weighted by atomic mass is 10.2. The van der Waals surface area contributed by atoms with Crippen LogP contribution in [0.4, 0.5) is 5.69 Å². The zero-order chi connectivity index (χ0) is 14.7. The third-order valence-electron chi connectivity index (χ3n) is 3.21. The molecule has 2 N–H and O–H groups in total. The minimum Gasteiger partial charge on any atom is -0.342 e. The van der Waals surface area contributed by atoms with E-state index in [1.807, 2.05) is 37.3 Å². The number of nitrogens with one attached hydrogen (secondary N) is 2. The van der Waals surface area contributed by atoms with Gasteiger partial charge in [0, 0.05) is 30.4 Å². The van der Waals surface area contributed by atoms with E-state index in [-0.39, 0.29) is 5.91 Å². The number of aromatic nitrogens is 3. The van der Waals surface area contributed by atoms with Crippen LogP contribution in [0.1, 0.15) is 17.9 Å². The van der Waals surface area contributed by atoms with Crippen LogP contribution in [0, 0.1) is 6.92 Å². The van der Waals surface area contributed by atoms with Gasteiger partial charge in [-0.1, -0.05) is 12.1 Å². The van der Waals surface area contributed by atoms with Crippen molar-refractivity contribution in [1.29, 1.82) is 0 Å². The zero-order valence-electron chi connectivity index (χ0n) is 11.8. The first-order chi connectivity index (χ1) is 10.2. The van der Waals surface area contributed by atoms with Crippen LogP contribution < -0.4 is 5.32 Å². The largest absolute Gasteiger partial charge is 0.342 e. The number of fused-ring (bicyclic) bond motifs is 1. The first-order valence-electron chi connectivity index (χ1n) is 6.87. The van der Waals surface area contributed by atoms with Gasteiger partial charge in [0.05, 0.1) is 11.0 Å². The second-order valence-corrected chi connectivity index (χ2v) is 4.93. The van der Waals surface area contributed by atoms with Gasteiger partial charge in [-0.15, -0.1) is 0 Å². The van der Waals surface area contributed by atoms with Crippen molar-refractivity contribution in [3.63, 3.8) is 0 Å². The zero-order valence-corrected chi connectivity index (χ0v) is 11.8. The number of carbonyl (C=O) groups excluding carboxylic acids is 1. The number of para-hydroxylation sites is 2. The highest BCUT2D eigenvalue weighted by molar-refractivity contribution is 5.90. The van der Waals surface area contributed by atoms with Crippen molar-refractivity contribution in [2.24, 2.45) is 0 Å². The summed E-state index contributed by atoms with van der Waals surface area (Å²) in [5.74, 6) is 0.804. The molecule has 0 radical (unpaired) electrons. The van der Waals surface area contributed by atoms with Gasteiger partial charge in [-0.3, -0.25) is 9.78 Å². The molecule has 3 rings (SSSR count). The number of aryl methyl sites for hydroxylation is 2. The van der Waals surface area contributed by atoms with Gasteiger partial charge in [-0.25, -0.2) is 4.98 Å². The van der Waals surface area contributed by atoms with E-state index in [4.69, 9.17) is 0 Å². The summed E-state index contributed by atoms with van der Waals surface area (Å²) in [5, 5.41) is 2.87. The third-order valence-corrected chi connectivity index (χ3v) is 3.21. The van der Waals surface area contributed by atoms with Crippen LogP contribution in [0.3, 0.4) is 0 Å². The molecule has 0 unspecified atom stereocenters. The number of H-pyrrole nitrogens is 1. The normalized spacial score (nSPS) is 10.7. The summed E-state index contributed by atoms with van der Waals surface area (Å²) in [6, 6.07) is 11.5. The van der Waals surface area contributed by atoms with E-state index in [0.717, 1.165) is 28.2 Å². The van der Waals surface area contributed by atoms with Gasteiger partial charge in [0.1, 0.15) is 5.82 Å². The molecule has 0 saturated carbocycles. The Morgan fingerprint density at radius 1 is 1.29 bits per heavy atom. The summed E-state index contributed by atoms with van der Waals surface area (Å²) in [7, 11) is 0. The number of carbonyl (C=O) groups is 1. The lowest BCUT2D eigenvalue weighted by Gasteiger charge is -2.04. The predicted molar refractivity (Wildman–Crippen MR) is 82.0 cm³/mol. The summed E-state index contributed by atoms with van der Waals surface area (Å²) in [6.45, 7) is 1.89. The number of anilines is 1. The van der Waals surface area contributed by atoms with Gasteiger partial charge in [0.2, 0.25) is 5.91 Å². The first-order valence-corrected chi connectivity index (χ1v) is 6.87. The molecule has 21 heavy (non-hydrogen) atoms. The number of pyridine rings is 1. The molecule has 5 heteroatoms. The van der Waals surface area contributed by atoms with E-state index in [0.29, 0.717) is 12.8 Å². The Balaban J connectivity index is 1.60. The van der Waals surface area contributed by atoms with E-state index >= 15 is 0 Å². The Morgan fingerprint density at radius 2 is 2.14 bits per heavy atom. The Hall–Kier alpha value is -2.69. The maximum atomic E-state index is 11.9. The number of benzene rings is 1. The van der Waals surface area contributed by atoms with Crippen molar-refractivity contribution in [2.75, 3.05) is 5.32 Å². The summed E-state index contributed by atoms with van der Waals surface area (Å²) < 4.78 is 0. The first kappa shape index (κ1) is 13.3. The van der Waals surface area contributed by atoms with Crippen molar-refractivity contribution in [1.82, 2.24) is 15.0 Å². The number of rotatable bonds is 4. The molecule has 0 fully saturated rings. The molecule has 5 nitrogen and oxygen atoms in total. The second-order valence-electron chi connectivity index (χ2n) is 4.93. The highest BCUT2D eigenvalue weighted by Crippen LogP contribution is 2.12. The number of hydrogen-bond acceptors (Lipinski definition) is 3. The van der Waals surface area contributed by atoms with Crippen molar-refractivity contribution >= 4 is 22.6 Å². The maximum Gasteiger partial charge on any atom is 0.224 e. The van der Waals surface area contributed by atoms with E-state index in [1.165, 1.54) is 0 Å². The van der Waals surface area contributed by atoms with Crippen molar-refractivity contribution in [2.45, 2.75) is 19.8 Å². The third kappa shape index (κ3) is 3.25. The molecule has 2 heterocycles. The standard InChI is InChI=1S/C16H16N4O/c1-11-10-12(8-9-17-11)18-16(21)7-6-15-19-13-4-2-3-5-14(13)20-15/h2-5,8-10H,6-7H2,1H3,(H,19,20)(H,17,18,21). The van der Waals surface area contributed by atoms with Crippen molar-refractivity contribution in [3.05, 3.63) is 54.1 Å². The molecule has 106 valence electrons. The number of imidazole rings is 1. The number of nitrogens with zero attached hydrogens (tertiary/aromatic N) is 2. The molecule has 0 bridgehead atoms. The number of amides is 1. The molecule has 0 atom stereocenters. The summed E-state index contributed by atoms with van der Waals surface area (Å²) in [5.41, 5.74) is 3.58. The van der Waals surface area contributed by atoms with Crippen LogP contribution in [0.2, 0.25) is 0 Å². The van der Waals surface area contributed by atoms with Crippen LogP contribution >= 0.6 is 0 Å². The Kier molecular flexibility index (Phi) is 3.64. The Morgan fingerprint density at radius 3 is 2.95 bits per heavy atom. The highest BCUT2D eigenvalue weighted by atomic mass is 16.1. The fourth-order valence-corrected chi connectivity index (χ4v) is 2.20. The molecule has 0 aliphatic heterocycles. The lowest BCUT2D eigenvalue weighted by molar-refractivity contribution is -0.116. The second kappa shape index (κ2) is 5.75. The van der Waals surface area contributed by atoms with E-state index in [2.05, 4.69) is 20.3 Å². The average molecular weight is 280 g/mol. The van der Waals surface area contributed by atoms with E-state index in [1.54, 1.807) is 12.3 Å². The minimum atomic E-state index is -0.0268. The van der Waals surface area contributed by atoms with E-state index < -0.39 is 0 Å². The van der Waals surface area contributed by atoms with Crippen LogP contribution in [0.5, 0.6) is 0 Å². The van der Waals surface area contributed by atoms with Crippen LogP contribution in [0.15, 0.2) is 42.6 Å². The highest BCUT2D eigenvalue weighted by Gasteiger charge is 2.06. The summed E-state index contributed by atoms with van der Waals surface area (Å²) in [6.07, 6.45) is 2.66. The summed E-state index contributed by atoms with van der Waals surface area (Å²) >= 11 is 0. The quantitative estimate of drug-likeness (QED) is 0.772. The predicted octanol–water partition coefficient (Wildman–Crippen LogP) is 2.84. The average Bonchev–Trinajstić information content (AvgIpc) is 2.88.